The second-order valence-electron chi connectivity index (χ2n) is 5.02. The highest BCUT2D eigenvalue weighted by molar-refractivity contribution is 6.31. The van der Waals surface area contributed by atoms with Gasteiger partial charge < -0.3 is 14.8 Å². The molecule has 0 fully saturated rings. The van der Waals surface area contributed by atoms with Crippen molar-refractivity contribution < 1.29 is 19.1 Å². The van der Waals surface area contributed by atoms with Crippen LogP contribution in [0.15, 0.2) is 30.4 Å². The van der Waals surface area contributed by atoms with Crippen molar-refractivity contribution in [1.29, 1.82) is 0 Å². The van der Waals surface area contributed by atoms with E-state index < -0.39 is 5.91 Å². The molecule has 22 heavy (non-hydrogen) atoms. The van der Waals surface area contributed by atoms with Gasteiger partial charge in [0.25, 0.3) is 5.91 Å². The Labute approximate surface area is 134 Å². The van der Waals surface area contributed by atoms with Crippen LogP contribution in [0.25, 0.3) is 0 Å². The molecule has 1 aromatic rings. The summed E-state index contributed by atoms with van der Waals surface area (Å²) in [6, 6.07) is 4.88. The number of methoxy groups -OCH3 is 1. The number of benzene rings is 1. The SMILES string of the molecule is COc1ccc(Cl)cc1NC(=O)COC(=O)C[C@@H]1C=CCC1. The fourth-order valence-corrected chi connectivity index (χ4v) is 2.42. The van der Waals surface area contributed by atoms with Gasteiger partial charge in [0.15, 0.2) is 6.61 Å². The lowest BCUT2D eigenvalue weighted by atomic mass is 10.1. The van der Waals surface area contributed by atoms with Gasteiger partial charge in [0.2, 0.25) is 0 Å². The summed E-state index contributed by atoms with van der Waals surface area (Å²) in [5.74, 6) is -0.0932. The lowest BCUT2D eigenvalue weighted by molar-refractivity contribution is -0.147. The van der Waals surface area contributed by atoms with Crippen molar-refractivity contribution in [3.8, 4) is 5.75 Å². The molecule has 0 unspecified atom stereocenters. The molecule has 0 saturated carbocycles. The van der Waals surface area contributed by atoms with E-state index in [9.17, 15) is 9.59 Å². The minimum absolute atomic E-state index is 0.226. The molecule has 0 heterocycles. The highest BCUT2D eigenvalue weighted by atomic mass is 35.5. The lowest BCUT2D eigenvalue weighted by Crippen LogP contribution is -2.21. The first-order valence-electron chi connectivity index (χ1n) is 7.04. The number of carbonyl (C=O) groups is 2. The first kappa shape index (κ1) is 16.4. The standard InChI is InChI=1S/C16H18ClNO4/c1-21-14-7-6-12(17)9-13(14)18-15(19)10-22-16(20)8-11-4-2-3-5-11/h2,4,6-7,9,11H,3,5,8,10H2,1H3,(H,18,19)/t11-/m1/s1. The number of anilines is 1. The zero-order valence-electron chi connectivity index (χ0n) is 12.3. The van der Waals surface area contributed by atoms with Crippen LogP contribution in [-0.2, 0) is 14.3 Å². The Bertz CT molecular complexity index is 586. The van der Waals surface area contributed by atoms with Gasteiger partial charge >= 0.3 is 5.97 Å². The van der Waals surface area contributed by atoms with Gasteiger partial charge in [-0.05, 0) is 37.0 Å². The molecule has 0 aliphatic heterocycles. The average molecular weight is 324 g/mol. The van der Waals surface area contributed by atoms with E-state index in [0.29, 0.717) is 22.9 Å². The van der Waals surface area contributed by atoms with Crippen molar-refractivity contribution in [2.24, 2.45) is 5.92 Å². The first-order chi connectivity index (χ1) is 10.6. The Morgan fingerprint density at radius 1 is 1.41 bits per heavy atom. The maximum absolute atomic E-state index is 11.8. The minimum atomic E-state index is -0.434. The summed E-state index contributed by atoms with van der Waals surface area (Å²) >= 11 is 5.88. The summed E-state index contributed by atoms with van der Waals surface area (Å²) in [6.07, 6.45) is 6.33. The van der Waals surface area contributed by atoms with Gasteiger partial charge in [-0.1, -0.05) is 23.8 Å². The number of esters is 1. The number of hydrogen-bond donors (Lipinski definition) is 1. The van der Waals surface area contributed by atoms with Crippen LogP contribution in [-0.4, -0.2) is 25.6 Å². The third-order valence-corrected chi connectivity index (χ3v) is 3.58. The predicted octanol–water partition coefficient (Wildman–Crippen LogP) is 3.19. The molecule has 1 aliphatic carbocycles. The van der Waals surface area contributed by atoms with Gasteiger partial charge in [0, 0.05) is 5.02 Å². The molecular weight excluding hydrogens is 306 g/mol. The maximum atomic E-state index is 11.8. The van der Waals surface area contributed by atoms with E-state index in [2.05, 4.69) is 11.4 Å². The number of rotatable bonds is 6. The van der Waals surface area contributed by atoms with Gasteiger partial charge in [-0.15, -0.1) is 0 Å². The molecule has 1 atom stereocenters. The Kier molecular flexibility index (Phi) is 5.83. The molecule has 0 radical (unpaired) electrons. The van der Waals surface area contributed by atoms with Crippen LogP contribution in [0.1, 0.15) is 19.3 Å². The molecule has 1 aliphatic rings. The number of carbonyl (C=O) groups excluding carboxylic acids is 2. The molecule has 5 nitrogen and oxygen atoms in total. The summed E-state index contributed by atoms with van der Waals surface area (Å²) in [5, 5.41) is 3.08. The smallest absolute Gasteiger partial charge is 0.306 e. The number of halogens is 1. The van der Waals surface area contributed by atoms with Crippen molar-refractivity contribution in [3.05, 3.63) is 35.4 Å². The molecule has 6 heteroatoms. The van der Waals surface area contributed by atoms with E-state index in [1.165, 1.54) is 7.11 Å². The summed E-state index contributed by atoms with van der Waals surface area (Å²) in [4.78, 5) is 23.5. The zero-order chi connectivity index (χ0) is 15.9. The van der Waals surface area contributed by atoms with E-state index in [4.69, 9.17) is 21.1 Å². The zero-order valence-corrected chi connectivity index (χ0v) is 13.1. The second-order valence-corrected chi connectivity index (χ2v) is 5.46. The summed E-state index contributed by atoms with van der Waals surface area (Å²) in [7, 11) is 1.49. The van der Waals surface area contributed by atoms with Crippen molar-refractivity contribution >= 4 is 29.2 Å². The fraction of sp³-hybridized carbons (Fsp3) is 0.375. The van der Waals surface area contributed by atoms with Gasteiger partial charge in [-0.3, -0.25) is 9.59 Å². The van der Waals surface area contributed by atoms with Crippen LogP contribution in [0.5, 0.6) is 5.75 Å². The highest BCUT2D eigenvalue weighted by Gasteiger charge is 2.16. The average Bonchev–Trinajstić information content (AvgIpc) is 2.98. The molecule has 1 amide bonds. The molecule has 1 N–H and O–H groups in total. The third-order valence-electron chi connectivity index (χ3n) is 3.34. The Morgan fingerprint density at radius 2 is 2.23 bits per heavy atom. The number of nitrogens with one attached hydrogen (secondary N) is 1. The number of hydrogen-bond acceptors (Lipinski definition) is 4. The van der Waals surface area contributed by atoms with Crippen molar-refractivity contribution in [2.75, 3.05) is 19.0 Å². The van der Waals surface area contributed by atoms with E-state index in [0.717, 1.165) is 12.8 Å². The Balaban J connectivity index is 1.81. The van der Waals surface area contributed by atoms with Gasteiger partial charge in [0.05, 0.1) is 19.2 Å². The topological polar surface area (TPSA) is 64.6 Å². The number of allylic oxidation sites excluding steroid dienone is 2. The third kappa shape index (κ3) is 4.77. The number of ether oxygens (including phenoxy) is 2. The molecule has 2 rings (SSSR count). The second kappa shape index (κ2) is 7.84. The molecular formula is C16H18ClNO4. The monoisotopic (exact) mass is 323 g/mol. The summed E-state index contributed by atoms with van der Waals surface area (Å²) in [5.41, 5.74) is 0.440. The Hall–Kier alpha value is -2.01. The van der Waals surface area contributed by atoms with Crippen LogP contribution in [0.4, 0.5) is 5.69 Å². The van der Waals surface area contributed by atoms with E-state index in [-0.39, 0.29) is 18.5 Å². The van der Waals surface area contributed by atoms with Crippen LogP contribution in [0.2, 0.25) is 5.02 Å². The van der Waals surface area contributed by atoms with E-state index in [1.54, 1.807) is 18.2 Å². The molecule has 0 aromatic heterocycles. The van der Waals surface area contributed by atoms with E-state index in [1.807, 2.05) is 6.08 Å². The highest BCUT2D eigenvalue weighted by Crippen LogP contribution is 2.27. The minimum Gasteiger partial charge on any atom is -0.495 e. The van der Waals surface area contributed by atoms with Crippen molar-refractivity contribution in [2.45, 2.75) is 19.3 Å². The molecule has 0 spiro atoms. The lowest BCUT2D eigenvalue weighted by Gasteiger charge is -2.11. The first-order valence-corrected chi connectivity index (χ1v) is 7.42. The summed E-state index contributed by atoms with van der Waals surface area (Å²) in [6.45, 7) is -0.328. The van der Waals surface area contributed by atoms with Gasteiger partial charge in [-0.25, -0.2) is 0 Å². The quantitative estimate of drug-likeness (QED) is 0.645. The van der Waals surface area contributed by atoms with Crippen LogP contribution in [0.3, 0.4) is 0 Å². The molecule has 118 valence electrons. The molecule has 1 aromatic carbocycles. The van der Waals surface area contributed by atoms with Crippen molar-refractivity contribution in [3.63, 3.8) is 0 Å². The van der Waals surface area contributed by atoms with Gasteiger partial charge in [0.1, 0.15) is 5.75 Å². The number of amides is 1. The summed E-state index contributed by atoms with van der Waals surface area (Å²) < 4.78 is 10.1. The predicted molar refractivity (Wildman–Crippen MR) is 84.1 cm³/mol. The fourth-order valence-electron chi connectivity index (χ4n) is 2.25. The molecule has 0 saturated heterocycles. The Morgan fingerprint density at radius 3 is 2.91 bits per heavy atom. The molecule has 0 bridgehead atoms. The van der Waals surface area contributed by atoms with Crippen LogP contribution < -0.4 is 10.1 Å². The maximum Gasteiger partial charge on any atom is 0.306 e. The van der Waals surface area contributed by atoms with Crippen LogP contribution in [0, 0.1) is 5.92 Å². The van der Waals surface area contributed by atoms with Crippen molar-refractivity contribution in [1.82, 2.24) is 0 Å². The van der Waals surface area contributed by atoms with Crippen LogP contribution >= 0.6 is 11.6 Å². The normalized spacial score (nSPS) is 16.4. The van der Waals surface area contributed by atoms with Gasteiger partial charge in [-0.2, -0.15) is 0 Å². The van der Waals surface area contributed by atoms with E-state index >= 15 is 0 Å². The largest absolute Gasteiger partial charge is 0.495 e.